The summed E-state index contributed by atoms with van der Waals surface area (Å²) < 4.78 is 4.97. The molecule has 0 atom stereocenters. The molecule has 2 rings (SSSR count). The molecule has 2 aliphatic rings. The van der Waals surface area contributed by atoms with E-state index in [1.807, 2.05) is 12.1 Å². The summed E-state index contributed by atoms with van der Waals surface area (Å²) in [6.07, 6.45) is 2.84. The first-order valence-electron chi connectivity index (χ1n) is 10.9. The maximum atomic E-state index is 13.0. The lowest BCUT2D eigenvalue weighted by atomic mass is 9.67. The zero-order valence-electron chi connectivity index (χ0n) is 19.0. The van der Waals surface area contributed by atoms with Gasteiger partial charge >= 0.3 is 12.0 Å². The van der Waals surface area contributed by atoms with E-state index in [1.165, 1.54) is 4.90 Å². The van der Waals surface area contributed by atoms with Crippen LogP contribution in [0.15, 0.2) is 0 Å². The number of carbonyl (C=O) groups is 4. The van der Waals surface area contributed by atoms with Gasteiger partial charge in [-0.05, 0) is 37.0 Å². The van der Waals surface area contributed by atoms with Gasteiger partial charge in [-0.15, -0.1) is 0 Å². The van der Waals surface area contributed by atoms with Gasteiger partial charge in [-0.25, -0.2) is 4.79 Å². The van der Waals surface area contributed by atoms with E-state index in [-0.39, 0.29) is 31.3 Å². The molecule has 0 bridgehead atoms. The number of nitriles is 2. The van der Waals surface area contributed by atoms with Crippen molar-refractivity contribution in [3.8, 4) is 12.1 Å². The van der Waals surface area contributed by atoms with Gasteiger partial charge in [0.2, 0.25) is 0 Å². The van der Waals surface area contributed by atoms with Crippen LogP contribution in [0.1, 0.15) is 59.3 Å². The van der Waals surface area contributed by atoms with E-state index in [0.717, 1.165) is 17.7 Å². The molecular formula is C22H31N5O5. The van der Waals surface area contributed by atoms with Gasteiger partial charge < -0.3 is 15.0 Å². The molecular weight excluding hydrogens is 414 g/mol. The van der Waals surface area contributed by atoms with Crippen molar-refractivity contribution in [2.24, 2.45) is 11.3 Å². The highest BCUT2D eigenvalue weighted by Crippen LogP contribution is 2.43. The third-order valence-corrected chi connectivity index (χ3v) is 6.29. The molecule has 1 heterocycles. The highest BCUT2D eigenvalue weighted by atomic mass is 16.5. The van der Waals surface area contributed by atoms with Crippen LogP contribution in [0.2, 0.25) is 0 Å². The largest absolute Gasteiger partial charge is 0.454 e. The Morgan fingerprint density at radius 1 is 1.16 bits per heavy atom. The zero-order valence-corrected chi connectivity index (χ0v) is 19.0. The molecule has 1 N–H and O–H groups in total. The quantitative estimate of drug-likeness (QED) is 0.442. The first kappa shape index (κ1) is 25.1. The summed E-state index contributed by atoms with van der Waals surface area (Å²) in [5, 5.41) is 20.2. The zero-order chi connectivity index (χ0) is 23.9. The minimum Gasteiger partial charge on any atom is -0.454 e. The van der Waals surface area contributed by atoms with Crippen LogP contribution in [0.4, 0.5) is 4.79 Å². The third-order valence-electron chi connectivity index (χ3n) is 6.29. The highest BCUT2D eigenvalue weighted by molar-refractivity contribution is 6.08. The Hall–Kier alpha value is -3.14. The summed E-state index contributed by atoms with van der Waals surface area (Å²) in [5.74, 6) is -1.39. The van der Waals surface area contributed by atoms with Gasteiger partial charge in [0.15, 0.2) is 6.61 Å². The Labute approximate surface area is 188 Å². The van der Waals surface area contributed by atoms with E-state index in [1.54, 1.807) is 0 Å². The Kier molecular flexibility index (Phi) is 8.20. The molecule has 174 valence electrons. The summed E-state index contributed by atoms with van der Waals surface area (Å²) in [4.78, 5) is 52.0. The minimum atomic E-state index is -0.972. The third kappa shape index (κ3) is 5.97. The van der Waals surface area contributed by atoms with E-state index < -0.39 is 42.5 Å². The van der Waals surface area contributed by atoms with Gasteiger partial charge in [-0.2, -0.15) is 10.5 Å². The summed E-state index contributed by atoms with van der Waals surface area (Å²) in [7, 11) is 0. The monoisotopic (exact) mass is 445 g/mol. The van der Waals surface area contributed by atoms with E-state index in [9.17, 15) is 19.2 Å². The van der Waals surface area contributed by atoms with Crippen LogP contribution in [0, 0.1) is 34.0 Å². The molecule has 10 nitrogen and oxygen atoms in total. The van der Waals surface area contributed by atoms with Crippen LogP contribution in [0.5, 0.6) is 0 Å². The van der Waals surface area contributed by atoms with Gasteiger partial charge in [0.25, 0.3) is 11.8 Å². The lowest BCUT2D eigenvalue weighted by Crippen LogP contribution is -2.50. The fourth-order valence-electron chi connectivity index (χ4n) is 4.27. The Balaban J connectivity index is 1.90. The fraction of sp³-hybridized carbons (Fsp3) is 0.727. The molecule has 0 aromatic heterocycles. The number of hydrogen-bond donors (Lipinski definition) is 1. The number of hydrogen-bond acceptors (Lipinski definition) is 7. The van der Waals surface area contributed by atoms with Gasteiger partial charge in [-0.1, -0.05) is 20.8 Å². The number of imide groups is 1. The van der Waals surface area contributed by atoms with E-state index >= 15 is 0 Å². The number of nitrogens with zero attached hydrogens (tertiary/aromatic N) is 4. The summed E-state index contributed by atoms with van der Waals surface area (Å²) in [6, 6.07) is 3.21. The topological polar surface area (TPSA) is 144 Å². The summed E-state index contributed by atoms with van der Waals surface area (Å²) in [5.41, 5.74) is -0.849. The lowest BCUT2D eigenvalue weighted by Gasteiger charge is -2.40. The van der Waals surface area contributed by atoms with Gasteiger partial charge in [0, 0.05) is 13.1 Å². The predicted molar refractivity (Wildman–Crippen MR) is 112 cm³/mol. The van der Waals surface area contributed by atoms with Crippen molar-refractivity contribution in [1.82, 2.24) is 15.1 Å². The Morgan fingerprint density at radius 2 is 1.72 bits per heavy atom. The lowest BCUT2D eigenvalue weighted by molar-refractivity contribution is -0.154. The number of esters is 1. The molecule has 10 heteroatoms. The average Bonchev–Trinajstić information content (AvgIpc) is 2.95. The smallest absolute Gasteiger partial charge is 0.326 e. The normalized spacial score (nSPS) is 22.8. The van der Waals surface area contributed by atoms with Crippen molar-refractivity contribution in [2.75, 3.05) is 26.2 Å². The molecule has 4 amide bonds. The van der Waals surface area contributed by atoms with Crippen LogP contribution < -0.4 is 5.32 Å². The van der Waals surface area contributed by atoms with Crippen molar-refractivity contribution in [3.05, 3.63) is 0 Å². The van der Waals surface area contributed by atoms with Gasteiger partial charge in [-0.3, -0.25) is 19.3 Å². The molecule has 32 heavy (non-hydrogen) atoms. The maximum absolute atomic E-state index is 13.0. The first-order valence-corrected chi connectivity index (χ1v) is 10.9. The number of amides is 4. The van der Waals surface area contributed by atoms with Crippen LogP contribution in [0.25, 0.3) is 0 Å². The van der Waals surface area contributed by atoms with Gasteiger partial charge in [0.05, 0.1) is 25.0 Å². The van der Waals surface area contributed by atoms with Crippen molar-refractivity contribution in [2.45, 2.75) is 64.8 Å². The number of nitrogens with one attached hydrogen (secondary N) is 1. The predicted octanol–water partition coefficient (Wildman–Crippen LogP) is 1.71. The van der Waals surface area contributed by atoms with Gasteiger partial charge in [0.1, 0.15) is 12.1 Å². The van der Waals surface area contributed by atoms with Crippen molar-refractivity contribution in [1.29, 1.82) is 10.5 Å². The molecule has 2 fully saturated rings. The molecule has 1 saturated heterocycles. The number of rotatable bonds is 8. The van der Waals surface area contributed by atoms with Crippen molar-refractivity contribution < 1.29 is 23.9 Å². The molecule has 0 aromatic carbocycles. The van der Waals surface area contributed by atoms with E-state index in [2.05, 4.69) is 26.1 Å². The van der Waals surface area contributed by atoms with Crippen LogP contribution in [-0.4, -0.2) is 65.4 Å². The second-order valence-corrected chi connectivity index (χ2v) is 9.40. The molecule has 0 aromatic rings. The number of carbonyl (C=O) groups excluding carboxylic acids is 4. The van der Waals surface area contributed by atoms with Crippen LogP contribution in [0.3, 0.4) is 0 Å². The van der Waals surface area contributed by atoms with Crippen molar-refractivity contribution >= 4 is 23.8 Å². The molecule has 1 aliphatic heterocycles. The SMILES string of the molecule is CC(C)(C)C1CCC2(CC1)NC(=O)N(CC(=O)OCC(=O)N(CCC#N)CCC#N)C2=O. The summed E-state index contributed by atoms with van der Waals surface area (Å²) in [6.45, 7) is 5.58. The second kappa shape index (κ2) is 10.4. The average molecular weight is 446 g/mol. The molecule has 1 saturated carbocycles. The number of ether oxygens (including phenoxy) is 1. The Morgan fingerprint density at radius 3 is 2.22 bits per heavy atom. The number of urea groups is 1. The van der Waals surface area contributed by atoms with E-state index in [4.69, 9.17) is 15.3 Å². The molecule has 0 radical (unpaired) electrons. The molecule has 1 spiro atoms. The maximum Gasteiger partial charge on any atom is 0.326 e. The molecule has 0 unspecified atom stereocenters. The second-order valence-electron chi connectivity index (χ2n) is 9.40. The molecule has 1 aliphatic carbocycles. The standard InChI is InChI=1S/C22H31N5O5/c1-21(2,3)16-6-8-22(9-7-16)19(30)27(20(31)25-22)14-18(29)32-15-17(28)26(12-4-10-23)13-5-11-24/h16H,4-9,12-15H2,1-3H3,(H,25,31). The van der Waals surface area contributed by atoms with Crippen LogP contribution in [-0.2, 0) is 19.1 Å². The Bertz CT molecular complexity index is 809. The fourth-order valence-corrected chi connectivity index (χ4v) is 4.27. The highest BCUT2D eigenvalue weighted by Gasteiger charge is 2.53. The van der Waals surface area contributed by atoms with Crippen molar-refractivity contribution in [3.63, 3.8) is 0 Å². The minimum absolute atomic E-state index is 0.0890. The first-order chi connectivity index (χ1) is 15.0. The summed E-state index contributed by atoms with van der Waals surface area (Å²) >= 11 is 0. The van der Waals surface area contributed by atoms with Crippen LogP contribution >= 0.6 is 0 Å². The van der Waals surface area contributed by atoms with E-state index in [0.29, 0.717) is 18.8 Å².